The molecule has 0 aliphatic heterocycles. The van der Waals surface area contributed by atoms with Gasteiger partial charge < -0.3 is 5.11 Å². The standard InChI is InChI=1S/C13H13N3O4S/c14-7-3-9-16(10-4-8-15)21(19,20)12-6-2-1-5-11(12)13(17)18/h1-2,5-6H,3-4,9-10H2,(H,17,18). The maximum absolute atomic E-state index is 12.5. The zero-order chi connectivity index (χ0) is 15.9. The minimum absolute atomic E-state index is 0.0418. The first kappa shape index (κ1) is 16.6. The quantitative estimate of drug-likeness (QED) is 0.807. The topological polar surface area (TPSA) is 122 Å². The van der Waals surface area contributed by atoms with E-state index in [-0.39, 0.29) is 36.4 Å². The molecule has 1 aromatic rings. The predicted octanol–water partition coefficient (Wildman–Crippen LogP) is 1.20. The number of carboxylic acid groups (broad SMARTS) is 1. The van der Waals surface area contributed by atoms with Gasteiger partial charge in [0.05, 0.1) is 22.6 Å². The van der Waals surface area contributed by atoms with E-state index in [1.54, 1.807) is 0 Å². The first-order valence-corrected chi connectivity index (χ1v) is 7.45. The highest BCUT2D eigenvalue weighted by Gasteiger charge is 2.28. The van der Waals surface area contributed by atoms with Crippen molar-refractivity contribution in [1.29, 1.82) is 10.5 Å². The number of sulfonamides is 1. The molecule has 0 amide bonds. The molecule has 0 aliphatic carbocycles. The third kappa shape index (κ3) is 4.02. The number of rotatable bonds is 7. The number of aromatic carboxylic acids is 1. The molecule has 0 aromatic heterocycles. The summed E-state index contributed by atoms with van der Waals surface area (Å²) in [6.07, 6.45) is -0.0835. The molecule has 0 saturated heterocycles. The maximum Gasteiger partial charge on any atom is 0.337 e. The van der Waals surface area contributed by atoms with Crippen molar-refractivity contribution in [3.05, 3.63) is 29.8 Å². The Hall–Kier alpha value is -2.42. The van der Waals surface area contributed by atoms with Crippen LogP contribution < -0.4 is 0 Å². The fourth-order valence-corrected chi connectivity index (χ4v) is 3.33. The van der Waals surface area contributed by atoms with E-state index >= 15 is 0 Å². The van der Waals surface area contributed by atoms with Gasteiger partial charge in [-0.2, -0.15) is 14.8 Å². The van der Waals surface area contributed by atoms with Crippen molar-refractivity contribution in [2.45, 2.75) is 17.7 Å². The Morgan fingerprint density at radius 2 is 1.67 bits per heavy atom. The van der Waals surface area contributed by atoms with E-state index in [4.69, 9.17) is 15.6 Å². The van der Waals surface area contributed by atoms with Gasteiger partial charge in [0.2, 0.25) is 10.0 Å². The van der Waals surface area contributed by atoms with Crippen molar-refractivity contribution in [3.63, 3.8) is 0 Å². The van der Waals surface area contributed by atoms with Crippen LogP contribution in [0.25, 0.3) is 0 Å². The second-order valence-electron chi connectivity index (χ2n) is 4.02. The Balaban J connectivity index is 3.26. The Morgan fingerprint density at radius 1 is 1.14 bits per heavy atom. The summed E-state index contributed by atoms with van der Waals surface area (Å²) >= 11 is 0. The Bertz CT molecular complexity index is 683. The average Bonchev–Trinajstić information content (AvgIpc) is 2.47. The van der Waals surface area contributed by atoms with Gasteiger partial charge in [-0.3, -0.25) is 0 Å². The maximum atomic E-state index is 12.5. The largest absolute Gasteiger partial charge is 0.478 e. The third-order valence-electron chi connectivity index (χ3n) is 2.68. The van der Waals surface area contributed by atoms with E-state index < -0.39 is 16.0 Å². The van der Waals surface area contributed by atoms with Crippen molar-refractivity contribution in [1.82, 2.24) is 4.31 Å². The fourth-order valence-electron chi connectivity index (χ4n) is 1.71. The lowest BCUT2D eigenvalue weighted by Crippen LogP contribution is -2.33. The fraction of sp³-hybridized carbons (Fsp3) is 0.308. The van der Waals surface area contributed by atoms with Crippen LogP contribution in [0.3, 0.4) is 0 Å². The van der Waals surface area contributed by atoms with Gasteiger partial charge in [0, 0.05) is 25.9 Å². The summed E-state index contributed by atoms with van der Waals surface area (Å²) in [5.74, 6) is -1.35. The highest BCUT2D eigenvalue weighted by atomic mass is 32.2. The van der Waals surface area contributed by atoms with Crippen LogP contribution in [0, 0.1) is 22.7 Å². The first-order chi connectivity index (χ1) is 9.95. The minimum atomic E-state index is -4.07. The molecule has 7 nitrogen and oxygen atoms in total. The summed E-state index contributed by atoms with van der Waals surface area (Å²) < 4.78 is 26.0. The summed E-state index contributed by atoms with van der Waals surface area (Å²) in [7, 11) is -4.07. The molecule has 8 heteroatoms. The zero-order valence-corrected chi connectivity index (χ0v) is 11.9. The van der Waals surface area contributed by atoms with Gasteiger partial charge in [-0.05, 0) is 12.1 Å². The van der Waals surface area contributed by atoms with Crippen LogP contribution in [0.5, 0.6) is 0 Å². The van der Waals surface area contributed by atoms with Crippen LogP contribution in [0.4, 0.5) is 0 Å². The lowest BCUT2D eigenvalue weighted by Gasteiger charge is -2.20. The second-order valence-corrected chi connectivity index (χ2v) is 5.93. The van der Waals surface area contributed by atoms with E-state index in [2.05, 4.69) is 0 Å². The Morgan fingerprint density at radius 3 is 2.14 bits per heavy atom. The molecule has 0 fully saturated rings. The number of carboxylic acids is 1. The van der Waals surface area contributed by atoms with E-state index in [1.165, 1.54) is 24.3 Å². The third-order valence-corrected chi connectivity index (χ3v) is 4.64. The van der Waals surface area contributed by atoms with Gasteiger partial charge in [0.25, 0.3) is 0 Å². The molecule has 110 valence electrons. The van der Waals surface area contributed by atoms with E-state index in [9.17, 15) is 13.2 Å². The van der Waals surface area contributed by atoms with Crippen LogP contribution in [0.15, 0.2) is 29.2 Å². The highest BCUT2D eigenvalue weighted by molar-refractivity contribution is 7.89. The first-order valence-electron chi connectivity index (χ1n) is 6.01. The number of carbonyl (C=O) groups is 1. The van der Waals surface area contributed by atoms with Crippen LogP contribution >= 0.6 is 0 Å². The molecule has 0 bridgehead atoms. The van der Waals surface area contributed by atoms with Crippen molar-refractivity contribution >= 4 is 16.0 Å². The number of nitrogens with zero attached hydrogens (tertiary/aromatic N) is 3. The Labute approximate surface area is 122 Å². The van der Waals surface area contributed by atoms with Crippen molar-refractivity contribution in [2.24, 2.45) is 0 Å². The highest BCUT2D eigenvalue weighted by Crippen LogP contribution is 2.20. The number of hydrogen-bond donors (Lipinski definition) is 1. The molecular formula is C13H13N3O4S. The predicted molar refractivity (Wildman–Crippen MR) is 72.6 cm³/mol. The summed E-state index contributed by atoms with van der Waals surface area (Å²) in [6.45, 7) is -0.178. The van der Waals surface area contributed by atoms with E-state index in [1.807, 2.05) is 12.1 Å². The van der Waals surface area contributed by atoms with Crippen molar-refractivity contribution < 1.29 is 18.3 Å². The molecule has 0 atom stereocenters. The molecule has 1 N–H and O–H groups in total. The summed E-state index contributed by atoms with van der Waals surface area (Å²) in [5, 5.41) is 26.3. The van der Waals surface area contributed by atoms with Crippen molar-refractivity contribution in [2.75, 3.05) is 13.1 Å². The summed E-state index contributed by atoms with van der Waals surface area (Å²) in [4.78, 5) is 10.8. The molecular weight excluding hydrogens is 294 g/mol. The number of hydrogen-bond acceptors (Lipinski definition) is 5. The van der Waals surface area contributed by atoms with Crippen LogP contribution in [-0.2, 0) is 10.0 Å². The molecule has 0 spiro atoms. The summed E-state index contributed by atoms with van der Waals surface area (Å²) in [5.41, 5.74) is -0.337. The number of benzene rings is 1. The molecule has 0 radical (unpaired) electrons. The van der Waals surface area contributed by atoms with Crippen LogP contribution in [0.1, 0.15) is 23.2 Å². The van der Waals surface area contributed by atoms with Crippen LogP contribution in [-0.4, -0.2) is 36.9 Å². The molecule has 0 unspecified atom stereocenters. The SMILES string of the molecule is N#CCCN(CCC#N)S(=O)(=O)c1ccccc1C(=O)O. The lowest BCUT2D eigenvalue weighted by atomic mass is 10.2. The monoisotopic (exact) mass is 307 g/mol. The molecule has 0 saturated carbocycles. The molecule has 21 heavy (non-hydrogen) atoms. The lowest BCUT2D eigenvalue weighted by molar-refractivity contribution is 0.0692. The molecule has 0 heterocycles. The van der Waals surface area contributed by atoms with Gasteiger partial charge in [-0.25, -0.2) is 13.2 Å². The van der Waals surface area contributed by atoms with Crippen molar-refractivity contribution in [3.8, 4) is 12.1 Å². The molecule has 0 aliphatic rings. The molecule has 1 aromatic carbocycles. The number of nitriles is 2. The van der Waals surface area contributed by atoms with E-state index in [0.29, 0.717) is 0 Å². The normalized spacial score (nSPS) is 10.8. The van der Waals surface area contributed by atoms with Gasteiger partial charge in [0.1, 0.15) is 0 Å². The van der Waals surface area contributed by atoms with Gasteiger partial charge in [-0.1, -0.05) is 12.1 Å². The molecule has 1 rings (SSSR count). The average molecular weight is 307 g/mol. The van der Waals surface area contributed by atoms with Crippen LogP contribution in [0.2, 0.25) is 0 Å². The summed E-state index contributed by atoms with van der Waals surface area (Å²) in [6, 6.07) is 8.91. The Kier molecular flexibility index (Phi) is 5.85. The second kappa shape index (κ2) is 7.39. The zero-order valence-electron chi connectivity index (χ0n) is 11.1. The van der Waals surface area contributed by atoms with Gasteiger partial charge in [-0.15, -0.1) is 0 Å². The van der Waals surface area contributed by atoms with Gasteiger partial charge in [0.15, 0.2) is 0 Å². The smallest absolute Gasteiger partial charge is 0.337 e. The minimum Gasteiger partial charge on any atom is -0.478 e. The van der Waals surface area contributed by atoms with E-state index in [0.717, 1.165) is 4.31 Å². The van der Waals surface area contributed by atoms with Gasteiger partial charge >= 0.3 is 5.97 Å².